The Hall–Kier alpha value is -1.34. The SMILES string of the molecule is O=C(O)C1CC(F)(F)CN1C(=O)C1CCC(F)(F)CC1. The van der Waals surface area contributed by atoms with Gasteiger partial charge in [0.05, 0.1) is 6.54 Å². The summed E-state index contributed by atoms with van der Waals surface area (Å²) in [5, 5.41) is 8.90. The maximum atomic E-state index is 13.3. The molecule has 1 aliphatic carbocycles. The van der Waals surface area contributed by atoms with Crippen LogP contribution in [0.2, 0.25) is 0 Å². The summed E-state index contributed by atoms with van der Waals surface area (Å²) < 4.78 is 52.6. The number of hydrogen-bond donors (Lipinski definition) is 1. The summed E-state index contributed by atoms with van der Waals surface area (Å²) in [6.07, 6.45) is -2.05. The molecule has 1 N–H and O–H groups in total. The summed E-state index contributed by atoms with van der Waals surface area (Å²) in [7, 11) is 0. The maximum absolute atomic E-state index is 13.3. The molecule has 8 heteroatoms. The Morgan fingerprint density at radius 3 is 2.10 bits per heavy atom. The number of alkyl halides is 4. The lowest BCUT2D eigenvalue weighted by Crippen LogP contribution is -2.45. The van der Waals surface area contributed by atoms with Crippen LogP contribution in [0.25, 0.3) is 0 Å². The molecule has 1 amide bonds. The van der Waals surface area contributed by atoms with Crippen molar-refractivity contribution in [3.63, 3.8) is 0 Å². The highest BCUT2D eigenvalue weighted by Crippen LogP contribution is 2.39. The average Bonchev–Trinajstić information content (AvgIpc) is 2.65. The molecule has 4 nitrogen and oxygen atoms in total. The van der Waals surface area contributed by atoms with E-state index in [0.717, 1.165) is 0 Å². The van der Waals surface area contributed by atoms with Gasteiger partial charge in [0.15, 0.2) is 0 Å². The number of rotatable bonds is 2. The van der Waals surface area contributed by atoms with E-state index in [-0.39, 0.29) is 12.8 Å². The lowest BCUT2D eigenvalue weighted by molar-refractivity contribution is -0.151. The van der Waals surface area contributed by atoms with Gasteiger partial charge in [0.1, 0.15) is 6.04 Å². The van der Waals surface area contributed by atoms with Crippen molar-refractivity contribution >= 4 is 11.9 Å². The molecule has 2 fully saturated rings. The van der Waals surface area contributed by atoms with Crippen molar-refractivity contribution in [2.75, 3.05) is 6.54 Å². The van der Waals surface area contributed by atoms with Crippen LogP contribution in [0.5, 0.6) is 0 Å². The third kappa shape index (κ3) is 3.04. The fraction of sp³-hybridized carbons (Fsp3) is 0.833. The Labute approximate surface area is 112 Å². The summed E-state index contributed by atoms with van der Waals surface area (Å²) in [6, 6.07) is -1.57. The highest BCUT2D eigenvalue weighted by atomic mass is 19.3. The number of hydrogen-bond acceptors (Lipinski definition) is 2. The van der Waals surface area contributed by atoms with E-state index in [9.17, 15) is 27.2 Å². The molecule has 1 saturated heterocycles. The summed E-state index contributed by atoms with van der Waals surface area (Å²) in [5.41, 5.74) is 0. The van der Waals surface area contributed by atoms with E-state index < -0.39 is 61.5 Å². The molecule has 20 heavy (non-hydrogen) atoms. The molecule has 114 valence electrons. The van der Waals surface area contributed by atoms with Crippen LogP contribution in [0.15, 0.2) is 0 Å². The largest absolute Gasteiger partial charge is 0.480 e. The fourth-order valence-corrected chi connectivity index (χ4v) is 2.79. The number of carbonyl (C=O) groups excluding carboxylic acids is 1. The molecule has 1 saturated carbocycles. The smallest absolute Gasteiger partial charge is 0.326 e. The van der Waals surface area contributed by atoms with Crippen LogP contribution in [-0.4, -0.2) is 46.3 Å². The highest BCUT2D eigenvalue weighted by molar-refractivity contribution is 5.86. The minimum Gasteiger partial charge on any atom is -0.480 e. The van der Waals surface area contributed by atoms with E-state index in [1.54, 1.807) is 0 Å². The maximum Gasteiger partial charge on any atom is 0.326 e. The van der Waals surface area contributed by atoms with Crippen molar-refractivity contribution in [2.24, 2.45) is 5.92 Å². The summed E-state index contributed by atoms with van der Waals surface area (Å²) in [5.74, 6) is -9.08. The van der Waals surface area contributed by atoms with E-state index in [0.29, 0.717) is 4.90 Å². The normalized spacial score (nSPS) is 29.4. The van der Waals surface area contributed by atoms with Crippen LogP contribution in [0.1, 0.15) is 32.1 Å². The predicted octanol–water partition coefficient (Wildman–Crippen LogP) is 2.13. The number of carboxylic acid groups (broad SMARTS) is 1. The quantitative estimate of drug-likeness (QED) is 0.794. The van der Waals surface area contributed by atoms with Gasteiger partial charge in [-0.3, -0.25) is 4.79 Å². The van der Waals surface area contributed by atoms with Crippen LogP contribution in [0.4, 0.5) is 17.6 Å². The average molecular weight is 297 g/mol. The minimum absolute atomic E-state index is 0.0970. The number of likely N-dealkylation sites (tertiary alicyclic amines) is 1. The number of nitrogens with zero attached hydrogens (tertiary/aromatic N) is 1. The van der Waals surface area contributed by atoms with Gasteiger partial charge in [0.25, 0.3) is 5.92 Å². The molecular formula is C12H15F4NO3. The van der Waals surface area contributed by atoms with Crippen LogP contribution < -0.4 is 0 Å². The van der Waals surface area contributed by atoms with Gasteiger partial charge in [-0.1, -0.05) is 0 Å². The van der Waals surface area contributed by atoms with Gasteiger partial charge in [-0.15, -0.1) is 0 Å². The van der Waals surface area contributed by atoms with E-state index in [2.05, 4.69) is 0 Å². The van der Waals surface area contributed by atoms with Gasteiger partial charge in [-0.05, 0) is 12.8 Å². The molecule has 1 aliphatic heterocycles. The van der Waals surface area contributed by atoms with Gasteiger partial charge >= 0.3 is 5.97 Å². The molecule has 0 aromatic rings. The molecule has 2 rings (SSSR count). The van der Waals surface area contributed by atoms with Crippen LogP contribution in [0, 0.1) is 5.92 Å². The third-order valence-electron chi connectivity index (χ3n) is 3.90. The fourth-order valence-electron chi connectivity index (χ4n) is 2.79. The Morgan fingerprint density at radius 2 is 1.60 bits per heavy atom. The Morgan fingerprint density at radius 1 is 1.05 bits per heavy atom. The molecule has 0 aromatic heterocycles. The van der Waals surface area contributed by atoms with Gasteiger partial charge in [0, 0.05) is 25.2 Å². The second kappa shape index (κ2) is 4.89. The molecule has 2 aliphatic rings. The van der Waals surface area contributed by atoms with Crippen molar-refractivity contribution in [3.8, 4) is 0 Å². The second-order valence-corrected chi connectivity index (χ2v) is 5.51. The van der Waals surface area contributed by atoms with E-state index in [4.69, 9.17) is 5.11 Å². The molecule has 1 unspecified atom stereocenters. The van der Waals surface area contributed by atoms with Crippen molar-refractivity contribution in [3.05, 3.63) is 0 Å². The van der Waals surface area contributed by atoms with Gasteiger partial charge in [0.2, 0.25) is 11.8 Å². The molecular weight excluding hydrogens is 282 g/mol. The summed E-state index contributed by atoms with van der Waals surface area (Å²) in [6.45, 7) is -0.949. The van der Waals surface area contributed by atoms with Gasteiger partial charge < -0.3 is 10.0 Å². The molecule has 1 atom stereocenters. The second-order valence-electron chi connectivity index (χ2n) is 5.51. The molecule has 1 heterocycles. The summed E-state index contributed by atoms with van der Waals surface area (Å²) in [4.78, 5) is 23.7. The van der Waals surface area contributed by atoms with Crippen LogP contribution in [-0.2, 0) is 9.59 Å². The third-order valence-corrected chi connectivity index (χ3v) is 3.90. The molecule has 0 radical (unpaired) electrons. The number of carbonyl (C=O) groups is 2. The van der Waals surface area contributed by atoms with Crippen molar-refractivity contribution < 1.29 is 32.3 Å². The lowest BCUT2D eigenvalue weighted by atomic mass is 9.86. The monoisotopic (exact) mass is 297 g/mol. The number of halogens is 4. The van der Waals surface area contributed by atoms with E-state index in [1.165, 1.54) is 0 Å². The number of aliphatic carboxylic acids is 1. The first-order valence-electron chi connectivity index (χ1n) is 6.40. The number of carboxylic acids is 1. The highest BCUT2D eigenvalue weighted by Gasteiger charge is 2.51. The lowest BCUT2D eigenvalue weighted by Gasteiger charge is -2.31. The molecule has 0 spiro atoms. The van der Waals surface area contributed by atoms with E-state index >= 15 is 0 Å². The zero-order valence-electron chi connectivity index (χ0n) is 10.6. The van der Waals surface area contributed by atoms with Crippen molar-refractivity contribution in [1.29, 1.82) is 0 Å². The zero-order valence-corrected chi connectivity index (χ0v) is 10.6. The van der Waals surface area contributed by atoms with Crippen molar-refractivity contribution in [1.82, 2.24) is 4.90 Å². The first-order valence-corrected chi connectivity index (χ1v) is 6.40. The van der Waals surface area contributed by atoms with Crippen LogP contribution in [0.3, 0.4) is 0 Å². The Bertz CT molecular complexity index is 417. The first-order chi connectivity index (χ1) is 9.11. The Balaban J connectivity index is 2.06. The van der Waals surface area contributed by atoms with E-state index in [1.807, 2.05) is 0 Å². The predicted molar refractivity (Wildman–Crippen MR) is 59.6 cm³/mol. The molecule has 0 bridgehead atoms. The molecule has 0 aromatic carbocycles. The topological polar surface area (TPSA) is 57.6 Å². The van der Waals surface area contributed by atoms with Crippen molar-refractivity contribution in [2.45, 2.75) is 50.0 Å². The Kier molecular flexibility index (Phi) is 3.68. The standard InChI is InChI=1S/C12H15F4NO3/c13-11(14)3-1-7(2-4-11)9(18)17-6-12(15,16)5-8(17)10(19)20/h7-8H,1-6H2,(H,19,20). The van der Waals surface area contributed by atoms with Crippen LogP contribution >= 0.6 is 0 Å². The number of amides is 1. The summed E-state index contributed by atoms with van der Waals surface area (Å²) >= 11 is 0. The van der Waals surface area contributed by atoms with Gasteiger partial charge in [-0.25, -0.2) is 22.4 Å². The van der Waals surface area contributed by atoms with Gasteiger partial charge in [-0.2, -0.15) is 0 Å². The zero-order chi connectivity index (χ0) is 15.1. The minimum atomic E-state index is -3.24. The first kappa shape index (κ1) is 15.1.